The van der Waals surface area contributed by atoms with Gasteiger partial charge in [0.05, 0.1) is 51.5 Å². The number of aliphatic hydroxyl groups is 1. The van der Waals surface area contributed by atoms with Gasteiger partial charge >= 0.3 is 23.9 Å². The molecule has 4 aromatic carbocycles. The van der Waals surface area contributed by atoms with Gasteiger partial charge in [-0.2, -0.15) is 0 Å². The summed E-state index contributed by atoms with van der Waals surface area (Å²) in [6.07, 6.45) is -2.79. The number of carbonyl (C=O) groups excluding carboxylic acids is 16. The third-order valence-electron chi connectivity index (χ3n) is 24.3. The second kappa shape index (κ2) is 54.1. The molecule has 0 bridgehead atoms. The van der Waals surface area contributed by atoms with Crippen molar-refractivity contribution in [2.45, 2.75) is 183 Å². The van der Waals surface area contributed by atoms with Crippen LogP contribution in [0.2, 0.25) is 0 Å². The molecule has 0 unspecified atom stereocenters. The lowest BCUT2D eigenvalue weighted by molar-refractivity contribution is -0.142. The van der Waals surface area contributed by atoms with Crippen LogP contribution in [0.25, 0.3) is 32.6 Å². The molecule has 141 heavy (non-hydrogen) atoms. The van der Waals surface area contributed by atoms with Crippen LogP contribution in [0.1, 0.15) is 102 Å². The maximum atomic E-state index is 15.6. The van der Waals surface area contributed by atoms with Gasteiger partial charge in [0.2, 0.25) is 94.5 Å². The van der Waals surface area contributed by atoms with E-state index in [1.165, 1.54) is 11.8 Å². The zero-order valence-electron chi connectivity index (χ0n) is 78.4. The highest BCUT2D eigenvalue weighted by atomic mass is 33.1. The van der Waals surface area contributed by atoms with E-state index in [-0.39, 0.29) is 111 Å². The number of hydrogen-bond acceptors (Lipinski definition) is 27. The average molecular weight is 2000 g/mol. The average Bonchev–Trinajstić information content (AvgIpc) is 1.66. The number of benzene rings is 4. The van der Waals surface area contributed by atoms with Crippen molar-refractivity contribution >= 4 is 173 Å². The van der Waals surface area contributed by atoms with Crippen molar-refractivity contribution in [3.63, 3.8) is 0 Å². The topological polar surface area (TPSA) is 713 Å². The highest BCUT2D eigenvalue weighted by Gasteiger charge is 2.43. The van der Waals surface area contributed by atoms with Crippen LogP contribution in [-0.4, -0.2) is 360 Å². The molecule has 9 rings (SSSR count). The van der Waals surface area contributed by atoms with Crippen molar-refractivity contribution in [3.05, 3.63) is 120 Å². The standard InChI is InChI=1S/C92H124N22O25S2/c1-5-50(2)79(108-91(138)80(51(3)115)109-87(134)64(99-52(4)116)37-56-42-97-60-19-10-8-17-58(56)60)90(137)107-70-49-141-140-48-69(89(136)105-68(92(139)114-26-14-22-71(114)81(95)128)38-57-43-98-61-20-11-9-18-59(57)61)106-86(133)67(41-75(120)121)104-82(129)62(21-12-13-25-96-74(119)44-110-27-29-111(45-76(122)123)31-33-113(47-78(126)127)34-32-112(30-28-110)46-77(124)125)100-83(130)63(36-53-23-24-54-15-6-7-16-55(54)35-53)101-84(131)65(39-72(93)117)102-85(132)66(40-73(94)118)103-88(70)135/h6-11,15-20,23-24,35,42-43,50-51,62-71,79-80,97-98,115H,5,12-14,21-22,25-34,36-41,44-49H2,1-4H3,(H2,93,117)(H2,94,118)(H2,95,128)(H,96,119)(H,99,116)(H,100,130)(H,101,131)(H,102,132)(H,103,135)(H,104,129)(H,105,136)(H,106,133)(H,107,137)(H,108,138)(H,109,134)(H,120,121)(H,122,123)(H,124,125)(H,126,127)/t50-,51-,62+,63+,64+,65+,66+,67+,68+,69+,70+,71+,79+,80+/m1/s1. The minimum atomic E-state index is -2.21. The smallest absolute Gasteiger partial charge is 0.317 e. The molecule has 0 saturated carbocycles. The molecular weight excluding hydrogens is 1880 g/mol. The number of amides is 16. The summed E-state index contributed by atoms with van der Waals surface area (Å²) in [6.45, 7) is 4.41. The van der Waals surface area contributed by atoms with E-state index in [1.807, 2.05) is 0 Å². The highest BCUT2D eigenvalue weighted by molar-refractivity contribution is 8.76. The summed E-state index contributed by atoms with van der Waals surface area (Å²) >= 11 is 0. The molecule has 3 saturated heterocycles. The number of unbranched alkanes of at least 4 members (excludes halogenated alkanes) is 1. The van der Waals surface area contributed by atoms with Gasteiger partial charge in [0, 0.05) is 137 Å². The molecule has 764 valence electrons. The molecule has 16 amide bonds. The second-order valence-electron chi connectivity index (χ2n) is 35.1. The van der Waals surface area contributed by atoms with Crippen LogP contribution < -0.4 is 81.0 Å². The van der Waals surface area contributed by atoms with E-state index >= 15 is 38.4 Å². The zero-order chi connectivity index (χ0) is 103. The Bertz CT molecular complexity index is 5500. The van der Waals surface area contributed by atoms with Gasteiger partial charge in [0.15, 0.2) is 0 Å². The molecule has 14 atom stereocenters. The minimum Gasteiger partial charge on any atom is -0.481 e. The molecule has 0 spiro atoms. The molecular formula is C92H124N22O25S2. The Balaban J connectivity index is 1.08. The van der Waals surface area contributed by atoms with Crippen LogP contribution in [0.4, 0.5) is 0 Å². The van der Waals surface area contributed by atoms with Crippen LogP contribution in [0.3, 0.4) is 0 Å². The number of likely N-dealkylation sites (tertiary alicyclic amines) is 1. The lowest BCUT2D eigenvalue weighted by Crippen LogP contribution is -2.63. The number of hydrogen-bond donors (Lipinski definition) is 22. The number of nitrogens with zero attached hydrogens (tertiary/aromatic N) is 5. The Labute approximate surface area is 817 Å². The van der Waals surface area contributed by atoms with Gasteiger partial charge in [0.25, 0.3) is 0 Å². The van der Waals surface area contributed by atoms with Crippen LogP contribution in [0.15, 0.2) is 103 Å². The summed E-state index contributed by atoms with van der Waals surface area (Å²) in [5.74, 6) is -25.2. The first-order valence-corrected chi connectivity index (χ1v) is 48.6. The fourth-order valence-electron chi connectivity index (χ4n) is 16.6. The maximum Gasteiger partial charge on any atom is 0.317 e. The summed E-state index contributed by atoms with van der Waals surface area (Å²) in [4.78, 5) is 295. The largest absolute Gasteiger partial charge is 0.481 e. The number of rotatable bonds is 39. The predicted molar refractivity (Wildman–Crippen MR) is 514 cm³/mol. The number of nitrogens with two attached hydrogens (primary N) is 3. The summed E-state index contributed by atoms with van der Waals surface area (Å²) < 4.78 is 0. The van der Waals surface area contributed by atoms with Crippen molar-refractivity contribution in [3.8, 4) is 0 Å². The number of carbonyl (C=O) groups is 20. The first-order chi connectivity index (χ1) is 67.1. The normalized spacial score (nSPS) is 21.1. The van der Waals surface area contributed by atoms with E-state index in [0.717, 1.165) is 13.8 Å². The number of fused-ring (bicyclic) bond motifs is 3. The third kappa shape index (κ3) is 34.6. The van der Waals surface area contributed by atoms with Gasteiger partial charge in [-0.25, -0.2) is 0 Å². The summed E-state index contributed by atoms with van der Waals surface area (Å²) in [6, 6.07) is 4.18. The van der Waals surface area contributed by atoms with Gasteiger partial charge in [-0.1, -0.05) is 121 Å². The molecule has 3 aliphatic rings. The van der Waals surface area contributed by atoms with E-state index in [2.05, 4.69) is 73.8 Å². The van der Waals surface area contributed by atoms with E-state index < -0.39 is 266 Å². The Morgan fingerprint density at radius 2 is 0.965 bits per heavy atom. The number of para-hydroxylation sites is 2. The number of carboxylic acid groups (broad SMARTS) is 4. The molecule has 49 heteroatoms. The van der Waals surface area contributed by atoms with Crippen molar-refractivity contribution < 1.29 is 121 Å². The van der Waals surface area contributed by atoms with E-state index in [9.17, 15) is 83.1 Å². The predicted octanol–water partition coefficient (Wildman–Crippen LogP) is -4.53. The van der Waals surface area contributed by atoms with E-state index in [0.29, 0.717) is 77.3 Å². The minimum absolute atomic E-state index is 0.00177. The van der Waals surface area contributed by atoms with Crippen molar-refractivity contribution in [1.82, 2.24) is 98.3 Å². The Morgan fingerprint density at radius 1 is 0.489 bits per heavy atom. The molecule has 5 heterocycles. The third-order valence-corrected chi connectivity index (χ3v) is 26.7. The number of aromatic amines is 2. The first kappa shape index (κ1) is 111. The SMILES string of the molecule is CC[C@@H](C)[C@H](NC(=O)[C@@H](NC(=O)[C@H](Cc1c[nH]c2ccccc12)NC(C)=O)[C@@H](C)O)C(=O)N[C@H]1CSSC[C@@H](C(=O)N[C@@H](Cc2c[nH]c3ccccc23)C(=O)N2CCC[C@H]2C(N)=O)NC(=O)[C@H](CC(=O)O)NC(=O)[C@H](CCCCNC(=O)CN2CCN(CC(=O)O)CCN(CC(=O)O)CCN(CC(=O)O)CC2)NC(=O)[C@H](Cc2ccc3ccccc3c2)NC(=O)[C@H](CC(N)=O)NC(=O)[C@H](CC(N)=O)NC1=O. The van der Waals surface area contributed by atoms with Gasteiger partial charge in [-0.3, -0.25) is 115 Å². The molecule has 2 aromatic heterocycles. The molecule has 0 radical (unpaired) electrons. The second-order valence-corrected chi connectivity index (χ2v) is 37.6. The summed E-state index contributed by atoms with van der Waals surface area (Å²) in [5, 5.41) is 84.2. The Kier molecular flexibility index (Phi) is 42.5. The first-order valence-electron chi connectivity index (χ1n) is 46.1. The molecule has 47 nitrogen and oxygen atoms in total. The zero-order valence-corrected chi connectivity index (χ0v) is 80.0. The molecule has 25 N–H and O–H groups in total. The van der Waals surface area contributed by atoms with Crippen molar-refractivity contribution in [2.75, 3.05) is 103 Å². The van der Waals surface area contributed by atoms with Gasteiger partial charge in [0.1, 0.15) is 72.5 Å². The Hall–Kier alpha value is -13.9. The van der Waals surface area contributed by atoms with Gasteiger partial charge < -0.3 is 121 Å². The fraction of sp³-hybridized carbons (Fsp3) is 0.500. The number of primary amides is 3. The van der Waals surface area contributed by atoms with Crippen LogP contribution in [0, 0.1) is 5.92 Å². The summed E-state index contributed by atoms with van der Waals surface area (Å²) in [7, 11) is 1.35. The van der Waals surface area contributed by atoms with Gasteiger partial charge in [-0.15, -0.1) is 0 Å². The quantitative estimate of drug-likeness (QED) is 0.0128. The summed E-state index contributed by atoms with van der Waals surface area (Å²) in [5.41, 5.74) is 20.1. The van der Waals surface area contributed by atoms with Crippen molar-refractivity contribution in [1.29, 1.82) is 0 Å². The molecule has 3 aliphatic heterocycles. The Morgan fingerprint density at radius 3 is 1.49 bits per heavy atom. The number of nitrogens with one attached hydrogen (secondary N) is 14. The molecule has 3 fully saturated rings. The lowest BCUT2D eigenvalue weighted by Gasteiger charge is -2.32. The number of aliphatic hydroxyl groups excluding tert-OH is 1. The monoisotopic (exact) mass is 2000 g/mol. The number of aliphatic carboxylic acids is 4. The van der Waals surface area contributed by atoms with Crippen LogP contribution in [-0.2, 0) is 115 Å². The maximum absolute atomic E-state index is 15.6. The number of carboxylic acids is 4. The van der Waals surface area contributed by atoms with Crippen LogP contribution >= 0.6 is 21.6 Å². The van der Waals surface area contributed by atoms with Crippen LogP contribution in [0.5, 0.6) is 0 Å². The van der Waals surface area contributed by atoms with Gasteiger partial charge in [-0.05, 0) is 84.5 Å². The molecule has 0 aliphatic carbocycles. The number of H-pyrrole nitrogens is 2. The highest BCUT2D eigenvalue weighted by Crippen LogP contribution is 2.28. The van der Waals surface area contributed by atoms with E-state index in [4.69, 9.17) is 17.2 Å². The lowest BCUT2D eigenvalue weighted by atomic mass is 9.97. The van der Waals surface area contributed by atoms with E-state index in [1.54, 1.807) is 130 Å². The van der Waals surface area contributed by atoms with Crippen molar-refractivity contribution in [2.24, 2.45) is 23.1 Å². The number of aromatic nitrogens is 2. The molecule has 6 aromatic rings. The fourth-order valence-corrected chi connectivity index (χ4v) is 18.9.